The van der Waals surface area contributed by atoms with Crippen LogP contribution >= 0.6 is 0 Å². The zero-order valence-corrected chi connectivity index (χ0v) is 19.5. The number of hydrogen-bond acceptors (Lipinski definition) is 7. The van der Waals surface area contributed by atoms with E-state index >= 15 is 0 Å². The lowest BCUT2D eigenvalue weighted by molar-refractivity contribution is -0.118. The summed E-state index contributed by atoms with van der Waals surface area (Å²) in [4.78, 5) is 52.6. The van der Waals surface area contributed by atoms with E-state index in [0.717, 1.165) is 10.7 Å². The topological polar surface area (TPSA) is 164 Å². The van der Waals surface area contributed by atoms with Gasteiger partial charge < -0.3 is 25.8 Å². The highest BCUT2D eigenvalue weighted by Crippen LogP contribution is 2.28. The van der Waals surface area contributed by atoms with E-state index in [1.165, 1.54) is 18.2 Å². The van der Waals surface area contributed by atoms with Crippen molar-refractivity contribution in [2.45, 2.75) is 13.1 Å². The number of halogens is 1. The molecule has 0 atom stereocenters. The number of benzene rings is 2. The predicted molar refractivity (Wildman–Crippen MR) is 129 cm³/mol. The first-order valence-corrected chi connectivity index (χ1v) is 11.3. The number of carboxylic acids is 1. The van der Waals surface area contributed by atoms with Crippen molar-refractivity contribution in [3.05, 3.63) is 88.6 Å². The first-order valence-electron chi connectivity index (χ1n) is 11.3. The van der Waals surface area contributed by atoms with Crippen molar-refractivity contribution in [3.8, 4) is 5.75 Å². The number of anilines is 1. The summed E-state index contributed by atoms with van der Waals surface area (Å²) >= 11 is 0. The summed E-state index contributed by atoms with van der Waals surface area (Å²) in [5, 5.41) is 20.9. The minimum atomic E-state index is -1.11. The number of fused-ring (bicyclic) bond motifs is 2. The molecule has 192 valence electrons. The maximum Gasteiger partial charge on any atom is 0.335 e. The van der Waals surface area contributed by atoms with Crippen LogP contribution in [0.1, 0.15) is 42.5 Å². The summed E-state index contributed by atoms with van der Waals surface area (Å²) in [5.41, 5.74) is 1.04. The van der Waals surface area contributed by atoms with Crippen molar-refractivity contribution in [2.24, 2.45) is 0 Å². The SMILES string of the molecule is O=C1COc2ccc(CNC(=O)c3cc(C(=O)NCc4cccc(C(=O)O)c4)n4ncc(F)c4n3)cc2N1. The lowest BCUT2D eigenvalue weighted by atomic mass is 10.1. The molecule has 4 N–H and O–H groups in total. The molecule has 0 fully saturated rings. The Bertz CT molecular complexity index is 1620. The third kappa shape index (κ3) is 4.97. The molecule has 0 aliphatic carbocycles. The fourth-order valence-corrected chi connectivity index (χ4v) is 3.81. The van der Waals surface area contributed by atoms with Gasteiger partial charge in [-0.1, -0.05) is 18.2 Å². The average molecular weight is 518 g/mol. The van der Waals surface area contributed by atoms with Crippen LogP contribution in [0.4, 0.5) is 10.1 Å². The van der Waals surface area contributed by atoms with Gasteiger partial charge in [-0.3, -0.25) is 14.4 Å². The molecular weight excluding hydrogens is 499 g/mol. The zero-order chi connectivity index (χ0) is 26.8. The van der Waals surface area contributed by atoms with Crippen LogP contribution in [0.3, 0.4) is 0 Å². The summed E-state index contributed by atoms with van der Waals surface area (Å²) in [7, 11) is 0. The van der Waals surface area contributed by atoms with Crippen LogP contribution in [0.5, 0.6) is 5.75 Å². The van der Waals surface area contributed by atoms with Crippen LogP contribution in [0.15, 0.2) is 54.7 Å². The Labute approximate surface area is 213 Å². The lowest BCUT2D eigenvalue weighted by Crippen LogP contribution is -2.29. The second-order valence-electron chi connectivity index (χ2n) is 8.29. The van der Waals surface area contributed by atoms with Crippen LogP contribution in [-0.2, 0) is 17.9 Å². The van der Waals surface area contributed by atoms with Gasteiger partial charge in [0.2, 0.25) is 0 Å². The summed E-state index contributed by atoms with van der Waals surface area (Å²) in [6.45, 7) is -0.0430. The number of ether oxygens (including phenoxy) is 1. The highest BCUT2D eigenvalue weighted by atomic mass is 19.1. The van der Waals surface area contributed by atoms with Gasteiger partial charge in [0.25, 0.3) is 17.7 Å². The monoisotopic (exact) mass is 518 g/mol. The molecular formula is C25H19FN6O6. The van der Waals surface area contributed by atoms with E-state index in [4.69, 9.17) is 9.84 Å². The smallest absolute Gasteiger partial charge is 0.335 e. The Hall–Kier alpha value is -5.33. The minimum Gasteiger partial charge on any atom is -0.482 e. The molecule has 0 saturated heterocycles. The second kappa shape index (κ2) is 9.97. The van der Waals surface area contributed by atoms with E-state index in [9.17, 15) is 23.6 Å². The van der Waals surface area contributed by atoms with Gasteiger partial charge in [0.05, 0.1) is 17.4 Å². The molecule has 0 saturated carbocycles. The molecule has 1 aliphatic heterocycles. The van der Waals surface area contributed by atoms with Crippen LogP contribution < -0.4 is 20.7 Å². The van der Waals surface area contributed by atoms with E-state index in [0.29, 0.717) is 22.6 Å². The van der Waals surface area contributed by atoms with Gasteiger partial charge in [0.1, 0.15) is 17.1 Å². The van der Waals surface area contributed by atoms with Gasteiger partial charge in [-0.05, 0) is 35.4 Å². The first kappa shape index (κ1) is 24.4. The van der Waals surface area contributed by atoms with E-state index in [1.54, 1.807) is 30.3 Å². The number of amides is 3. The first-order chi connectivity index (χ1) is 18.3. The van der Waals surface area contributed by atoms with Crippen molar-refractivity contribution in [3.63, 3.8) is 0 Å². The van der Waals surface area contributed by atoms with Crippen LogP contribution in [0.25, 0.3) is 5.65 Å². The summed E-state index contributed by atoms with van der Waals surface area (Å²) in [6.07, 6.45) is 0.876. The second-order valence-corrected chi connectivity index (χ2v) is 8.29. The molecule has 38 heavy (non-hydrogen) atoms. The lowest BCUT2D eigenvalue weighted by Gasteiger charge is -2.18. The molecule has 13 heteroatoms. The van der Waals surface area contributed by atoms with Gasteiger partial charge in [-0.25, -0.2) is 18.7 Å². The summed E-state index contributed by atoms with van der Waals surface area (Å²) < 4.78 is 20.6. The maximum absolute atomic E-state index is 14.3. The maximum atomic E-state index is 14.3. The predicted octanol–water partition coefficient (Wildman–Crippen LogP) is 1.76. The molecule has 0 bridgehead atoms. The molecule has 12 nitrogen and oxygen atoms in total. The number of hydrogen-bond donors (Lipinski definition) is 4. The third-order valence-electron chi connectivity index (χ3n) is 5.65. The van der Waals surface area contributed by atoms with Crippen molar-refractivity contribution < 1.29 is 33.4 Å². The average Bonchev–Trinajstić information content (AvgIpc) is 3.30. The molecule has 2 aromatic carbocycles. The van der Waals surface area contributed by atoms with Crippen LogP contribution in [0.2, 0.25) is 0 Å². The van der Waals surface area contributed by atoms with E-state index in [1.807, 2.05) is 0 Å². The van der Waals surface area contributed by atoms with E-state index in [2.05, 4.69) is 26.0 Å². The molecule has 0 radical (unpaired) electrons. The molecule has 3 amide bonds. The Balaban J connectivity index is 1.34. The number of nitrogens with one attached hydrogen (secondary N) is 3. The van der Waals surface area contributed by atoms with Crippen LogP contribution in [0, 0.1) is 5.82 Å². The Morgan fingerprint density at radius 3 is 2.61 bits per heavy atom. The van der Waals surface area contributed by atoms with Crippen molar-refractivity contribution >= 4 is 35.0 Å². The Morgan fingerprint density at radius 1 is 1.05 bits per heavy atom. The minimum absolute atomic E-state index is 0.0202. The standard InChI is InChI=1S/C25H19FN6O6/c26-16-11-29-32-19(24(35)28-9-13-2-1-3-15(6-13)25(36)37)8-18(31-22(16)32)23(34)27-10-14-4-5-20-17(7-14)30-21(33)12-38-20/h1-8,11H,9-10,12H2,(H,27,34)(H,28,35)(H,30,33)(H,36,37). The number of aromatic nitrogens is 3. The van der Waals surface area contributed by atoms with Gasteiger partial charge in [0.15, 0.2) is 18.1 Å². The summed E-state index contributed by atoms with van der Waals surface area (Å²) in [5.74, 6) is -3.07. The molecule has 3 heterocycles. The van der Waals surface area contributed by atoms with Gasteiger partial charge >= 0.3 is 5.97 Å². The highest BCUT2D eigenvalue weighted by Gasteiger charge is 2.21. The highest BCUT2D eigenvalue weighted by molar-refractivity contribution is 5.98. The number of nitrogens with zero attached hydrogens (tertiary/aromatic N) is 3. The fourth-order valence-electron chi connectivity index (χ4n) is 3.81. The molecule has 0 spiro atoms. The van der Waals surface area contributed by atoms with Crippen molar-refractivity contribution in [1.29, 1.82) is 0 Å². The van der Waals surface area contributed by atoms with E-state index < -0.39 is 23.6 Å². The van der Waals surface area contributed by atoms with Crippen LogP contribution in [-0.4, -0.2) is 50.0 Å². The molecule has 0 unspecified atom stereocenters. The Morgan fingerprint density at radius 2 is 1.82 bits per heavy atom. The fraction of sp³-hybridized carbons (Fsp3) is 0.120. The number of rotatable bonds is 7. The van der Waals surface area contributed by atoms with Crippen molar-refractivity contribution in [2.75, 3.05) is 11.9 Å². The Kier molecular flexibility index (Phi) is 6.39. The normalized spacial score (nSPS) is 12.3. The molecule has 5 rings (SSSR count). The number of aromatic carboxylic acids is 1. The molecule has 2 aromatic heterocycles. The largest absolute Gasteiger partial charge is 0.482 e. The van der Waals surface area contributed by atoms with E-state index in [-0.39, 0.29) is 48.2 Å². The van der Waals surface area contributed by atoms with Gasteiger partial charge in [-0.2, -0.15) is 5.10 Å². The quantitative estimate of drug-likeness (QED) is 0.287. The number of carbonyl (C=O) groups is 4. The number of carbonyl (C=O) groups excluding carboxylic acids is 3. The van der Waals surface area contributed by atoms with Crippen molar-refractivity contribution in [1.82, 2.24) is 25.2 Å². The third-order valence-corrected chi connectivity index (χ3v) is 5.65. The zero-order valence-electron chi connectivity index (χ0n) is 19.5. The number of carboxylic acid groups (broad SMARTS) is 1. The molecule has 1 aliphatic rings. The van der Waals surface area contributed by atoms with Gasteiger partial charge in [0, 0.05) is 19.2 Å². The summed E-state index contributed by atoms with van der Waals surface area (Å²) in [6, 6.07) is 12.2. The molecule has 4 aromatic rings. The van der Waals surface area contributed by atoms with Gasteiger partial charge in [-0.15, -0.1) is 0 Å².